The molecule has 3 rings (SSSR count). The Morgan fingerprint density at radius 3 is 2.76 bits per heavy atom. The third-order valence-corrected chi connectivity index (χ3v) is 5.40. The minimum atomic E-state index is -0.395. The molecule has 2 heterocycles. The summed E-state index contributed by atoms with van der Waals surface area (Å²) in [5, 5.41) is 0. The highest BCUT2D eigenvalue weighted by Crippen LogP contribution is 2.43. The molecular formula is C15H19NO4S. The second kappa shape index (κ2) is 5.77. The van der Waals surface area contributed by atoms with E-state index < -0.39 is 5.97 Å². The lowest BCUT2D eigenvalue weighted by Gasteiger charge is -2.42. The van der Waals surface area contributed by atoms with Crippen LogP contribution in [-0.4, -0.2) is 50.2 Å². The van der Waals surface area contributed by atoms with Crippen LogP contribution in [0.25, 0.3) is 0 Å². The lowest BCUT2D eigenvalue weighted by Crippen LogP contribution is -2.45. The van der Waals surface area contributed by atoms with Crippen molar-refractivity contribution in [3.05, 3.63) is 21.9 Å². The van der Waals surface area contributed by atoms with Gasteiger partial charge in [-0.3, -0.25) is 4.79 Å². The molecule has 1 spiro atoms. The van der Waals surface area contributed by atoms with Gasteiger partial charge in [-0.05, 0) is 25.0 Å². The summed E-state index contributed by atoms with van der Waals surface area (Å²) in [5.41, 5.74) is 0.161. The lowest BCUT2D eigenvalue weighted by molar-refractivity contribution is 0.0104. The van der Waals surface area contributed by atoms with E-state index in [-0.39, 0.29) is 11.3 Å². The van der Waals surface area contributed by atoms with E-state index >= 15 is 0 Å². The molecule has 0 atom stereocenters. The summed E-state index contributed by atoms with van der Waals surface area (Å²) in [6, 6.07) is 3.36. The molecule has 1 aromatic heterocycles. The minimum Gasteiger partial charge on any atom is -0.465 e. The molecule has 2 aliphatic rings. The van der Waals surface area contributed by atoms with Gasteiger partial charge in [-0.25, -0.2) is 4.79 Å². The molecular weight excluding hydrogens is 290 g/mol. The first-order valence-electron chi connectivity index (χ1n) is 7.19. The molecule has 1 saturated heterocycles. The SMILES string of the molecule is COC(=O)c1ccc(C(=O)N2CCOCC3(CCC3)C2)s1. The lowest BCUT2D eigenvalue weighted by atomic mass is 9.69. The predicted octanol–water partition coefficient (Wildman–Crippen LogP) is 2.18. The van der Waals surface area contributed by atoms with E-state index in [9.17, 15) is 9.59 Å². The number of carbonyl (C=O) groups is 2. The summed E-state index contributed by atoms with van der Waals surface area (Å²) in [6.45, 7) is 2.72. The number of hydrogen-bond donors (Lipinski definition) is 0. The highest BCUT2D eigenvalue weighted by atomic mass is 32.1. The van der Waals surface area contributed by atoms with Crippen molar-refractivity contribution in [1.29, 1.82) is 0 Å². The second-order valence-corrected chi connectivity index (χ2v) is 6.87. The first-order valence-corrected chi connectivity index (χ1v) is 8.00. The van der Waals surface area contributed by atoms with Crippen molar-refractivity contribution in [2.45, 2.75) is 19.3 Å². The topological polar surface area (TPSA) is 55.8 Å². The average Bonchev–Trinajstić information content (AvgIpc) is 2.83. The quantitative estimate of drug-likeness (QED) is 0.786. The maximum Gasteiger partial charge on any atom is 0.348 e. The zero-order valence-corrected chi connectivity index (χ0v) is 12.9. The van der Waals surface area contributed by atoms with Crippen LogP contribution >= 0.6 is 11.3 Å². The molecule has 5 nitrogen and oxygen atoms in total. The highest BCUT2D eigenvalue weighted by Gasteiger charge is 2.41. The standard InChI is InChI=1S/C15H19NO4S/c1-19-14(18)12-4-3-11(21-12)13(17)16-7-8-20-10-15(9-16)5-2-6-15/h3-4H,2,5-10H2,1H3. The van der Waals surface area contributed by atoms with Gasteiger partial charge in [0, 0.05) is 18.5 Å². The van der Waals surface area contributed by atoms with E-state index in [1.54, 1.807) is 12.1 Å². The van der Waals surface area contributed by atoms with Crippen LogP contribution in [0.15, 0.2) is 12.1 Å². The van der Waals surface area contributed by atoms with Gasteiger partial charge in [0.1, 0.15) is 4.88 Å². The Labute approximate surface area is 127 Å². The van der Waals surface area contributed by atoms with Crippen molar-refractivity contribution in [2.24, 2.45) is 5.41 Å². The summed E-state index contributed by atoms with van der Waals surface area (Å²) in [5.74, 6) is -0.402. The van der Waals surface area contributed by atoms with Crippen molar-refractivity contribution in [3.63, 3.8) is 0 Å². The molecule has 0 radical (unpaired) electrons. The fourth-order valence-electron chi connectivity index (χ4n) is 2.96. The van der Waals surface area contributed by atoms with Crippen molar-refractivity contribution in [2.75, 3.05) is 33.4 Å². The number of nitrogens with zero attached hydrogens (tertiary/aromatic N) is 1. The largest absolute Gasteiger partial charge is 0.465 e. The van der Waals surface area contributed by atoms with Gasteiger partial charge in [0.25, 0.3) is 5.91 Å². The van der Waals surface area contributed by atoms with Crippen LogP contribution in [0.5, 0.6) is 0 Å². The van der Waals surface area contributed by atoms with Crippen LogP contribution in [0.3, 0.4) is 0 Å². The molecule has 1 aliphatic carbocycles. The summed E-state index contributed by atoms with van der Waals surface area (Å²) in [7, 11) is 1.34. The van der Waals surface area contributed by atoms with E-state index in [2.05, 4.69) is 4.74 Å². The number of esters is 1. The third kappa shape index (κ3) is 2.82. The van der Waals surface area contributed by atoms with E-state index in [4.69, 9.17) is 4.74 Å². The molecule has 114 valence electrons. The second-order valence-electron chi connectivity index (χ2n) is 5.79. The highest BCUT2D eigenvalue weighted by molar-refractivity contribution is 7.15. The van der Waals surface area contributed by atoms with Crippen molar-refractivity contribution >= 4 is 23.2 Å². The monoisotopic (exact) mass is 309 g/mol. The van der Waals surface area contributed by atoms with Crippen LogP contribution in [0.1, 0.15) is 38.6 Å². The summed E-state index contributed by atoms with van der Waals surface area (Å²) >= 11 is 1.19. The van der Waals surface area contributed by atoms with Crippen LogP contribution in [0.2, 0.25) is 0 Å². The van der Waals surface area contributed by atoms with Gasteiger partial charge in [-0.1, -0.05) is 6.42 Å². The smallest absolute Gasteiger partial charge is 0.348 e. The molecule has 1 saturated carbocycles. The molecule has 6 heteroatoms. The van der Waals surface area contributed by atoms with E-state index in [1.165, 1.54) is 24.9 Å². The third-order valence-electron chi connectivity index (χ3n) is 4.34. The zero-order valence-electron chi connectivity index (χ0n) is 12.1. The van der Waals surface area contributed by atoms with Gasteiger partial charge in [-0.2, -0.15) is 0 Å². The average molecular weight is 309 g/mol. The Hall–Kier alpha value is -1.40. The van der Waals surface area contributed by atoms with Gasteiger partial charge in [0.05, 0.1) is 25.2 Å². The van der Waals surface area contributed by atoms with Gasteiger partial charge in [0.15, 0.2) is 0 Å². The molecule has 0 aromatic carbocycles. The molecule has 1 aliphatic heterocycles. The molecule has 0 N–H and O–H groups in total. The van der Waals surface area contributed by atoms with E-state index in [1.807, 2.05) is 4.90 Å². The van der Waals surface area contributed by atoms with Gasteiger partial charge >= 0.3 is 5.97 Å². The molecule has 2 fully saturated rings. The maximum atomic E-state index is 12.6. The summed E-state index contributed by atoms with van der Waals surface area (Å²) in [6.07, 6.45) is 3.49. The Bertz CT molecular complexity index is 550. The van der Waals surface area contributed by atoms with Crippen LogP contribution in [0, 0.1) is 5.41 Å². The Kier molecular flexibility index (Phi) is 3.99. The van der Waals surface area contributed by atoms with Gasteiger partial charge < -0.3 is 14.4 Å². The maximum absolute atomic E-state index is 12.6. The summed E-state index contributed by atoms with van der Waals surface area (Å²) in [4.78, 5) is 27.0. The molecule has 0 bridgehead atoms. The first kappa shape index (κ1) is 14.5. The number of amides is 1. The molecule has 1 aromatic rings. The Morgan fingerprint density at radius 1 is 1.33 bits per heavy atom. The number of rotatable bonds is 2. The Morgan fingerprint density at radius 2 is 2.10 bits per heavy atom. The van der Waals surface area contributed by atoms with Crippen LogP contribution in [-0.2, 0) is 9.47 Å². The number of thiophene rings is 1. The zero-order chi connectivity index (χ0) is 14.9. The number of methoxy groups -OCH3 is 1. The number of carbonyl (C=O) groups excluding carboxylic acids is 2. The number of hydrogen-bond acceptors (Lipinski definition) is 5. The molecule has 1 amide bonds. The van der Waals surface area contributed by atoms with Crippen molar-refractivity contribution in [3.8, 4) is 0 Å². The Balaban J connectivity index is 1.74. The van der Waals surface area contributed by atoms with E-state index in [0.717, 1.165) is 26.0 Å². The fourth-order valence-corrected chi connectivity index (χ4v) is 3.86. The fraction of sp³-hybridized carbons (Fsp3) is 0.600. The predicted molar refractivity (Wildman–Crippen MR) is 78.7 cm³/mol. The normalized spacial score (nSPS) is 20.7. The minimum absolute atomic E-state index is 0.00747. The van der Waals surface area contributed by atoms with Crippen molar-refractivity contribution in [1.82, 2.24) is 4.90 Å². The number of ether oxygens (including phenoxy) is 2. The van der Waals surface area contributed by atoms with Crippen molar-refractivity contribution < 1.29 is 19.1 Å². The van der Waals surface area contributed by atoms with Gasteiger partial charge in [-0.15, -0.1) is 11.3 Å². The van der Waals surface area contributed by atoms with Crippen LogP contribution in [0.4, 0.5) is 0 Å². The first-order chi connectivity index (χ1) is 10.1. The van der Waals surface area contributed by atoms with Gasteiger partial charge in [0.2, 0.25) is 0 Å². The molecule has 21 heavy (non-hydrogen) atoms. The molecule has 0 unspecified atom stereocenters. The van der Waals surface area contributed by atoms with Crippen LogP contribution < -0.4 is 0 Å². The van der Waals surface area contributed by atoms with E-state index in [0.29, 0.717) is 22.9 Å². The summed E-state index contributed by atoms with van der Waals surface area (Å²) < 4.78 is 10.3.